The standard InChI is InChI=1S/C25H27N5O3S/c1-33-23(31)21(14-16-15-26-19-7-3-2-6-18(16)19)28-25(34)29-12-10-17(11-13-29)30-22-9-5-4-8-20(22)27-24(30)32/h2-9,15,17,21,26H,10-14H2,1H3,(H,27,32)(H,28,34). The molecule has 1 atom stereocenters. The number of carbonyl (C=O) groups excluding carboxylic acids is 1. The highest BCUT2D eigenvalue weighted by Crippen LogP contribution is 2.25. The minimum absolute atomic E-state index is 0.0789. The van der Waals surface area contributed by atoms with E-state index in [0.717, 1.165) is 40.3 Å². The van der Waals surface area contributed by atoms with Gasteiger partial charge in [0.2, 0.25) is 0 Å². The van der Waals surface area contributed by atoms with E-state index in [1.165, 1.54) is 7.11 Å². The number of aromatic amines is 2. The van der Waals surface area contributed by atoms with E-state index >= 15 is 0 Å². The molecule has 1 aliphatic rings. The molecule has 1 saturated heterocycles. The molecule has 3 N–H and O–H groups in total. The molecule has 1 aliphatic heterocycles. The first-order chi connectivity index (χ1) is 16.5. The van der Waals surface area contributed by atoms with Gasteiger partial charge in [-0.2, -0.15) is 0 Å². The zero-order chi connectivity index (χ0) is 23.7. The molecule has 34 heavy (non-hydrogen) atoms. The molecule has 2 aromatic heterocycles. The Morgan fingerprint density at radius 1 is 1.15 bits per heavy atom. The van der Waals surface area contributed by atoms with Crippen LogP contribution in [0.3, 0.4) is 0 Å². The van der Waals surface area contributed by atoms with Gasteiger partial charge in [-0.15, -0.1) is 0 Å². The van der Waals surface area contributed by atoms with Gasteiger partial charge in [-0.05, 0) is 48.8 Å². The lowest BCUT2D eigenvalue weighted by Gasteiger charge is -2.35. The fourth-order valence-electron chi connectivity index (χ4n) is 4.86. The number of rotatable bonds is 5. The number of nitrogens with one attached hydrogen (secondary N) is 3. The van der Waals surface area contributed by atoms with Crippen molar-refractivity contribution in [2.75, 3.05) is 20.2 Å². The quantitative estimate of drug-likeness (QED) is 0.302. The first kappa shape index (κ1) is 22.2. The molecule has 2 aromatic carbocycles. The molecule has 4 aromatic rings. The normalized spacial score (nSPS) is 15.5. The lowest BCUT2D eigenvalue weighted by Crippen LogP contribution is -2.51. The zero-order valence-electron chi connectivity index (χ0n) is 18.9. The van der Waals surface area contributed by atoms with E-state index in [0.29, 0.717) is 24.6 Å². The number of imidazole rings is 1. The van der Waals surface area contributed by atoms with Gasteiger partial charge in [-0.25, -0.2) is 9.59 Å². The van der Waals surface area contributed by atoms with Gasteiger partial charge in [-0.1, -0.05) is 30.3 Å². The number of esters is 1. The average molecular weight is 478 g/mol. The van der Waals surface area contributed by atoms with Crippen molar-refractivity contribution in [3.8, 4) is 0 Å². The van der Waals surface area contributed by atoms with Gasteiger partial charge in [0.15, 0.2) is 5.11 Å². The van der Waals surface area contributed by atoms with Crippen LogP contribution in [0.1, 0.15) is 24.4 Å². The minimum atomic E-state index is -0.592. The molecule has 0 spiro atoms. The average Bonchev–Trinajstić information content (AvgIpc) is 3.43. The van der Waals surface area contributed by atoms with Gasteiger partial charge in [0, 0.05) is 42.7 Å². The summed E-state index contributed by atoms with van der Waals surface area (Å²) in [5.74, 6) is -0.354. The summed E-state index contributed by atoms with van der Waals surface area (Å²) in [6.07, 6.45) is 3.96. The second-order valence-electron chi connectivity index (χ2n) is 8.62. The van der Waals surface area contributed by atoms with Crippen LogP contribution in [0.4, 0.5) is 0 Å². The smallest absolute Gasteiger partial charge is 0.328 e. The number of nitrogens with zero attached hydrogens (tertiary/aromatic N) is 2. The maximum Gasteiger partial charge on any atom is 0.328 e. The third kappa shape index (κ3) is 4.19. The van der Waals surface area contributed by atoms with E-state index in [4.69, 9.17) is 17.0 Å². The van der Waals surface area contributed by atoms with Gasteiger partial charge in [-0.3, -0.25) is 4.57 Å². The van der Waals surface area contributed by atoms with Crippen molar-refractivity contribution in [1.82, 2.24) is 24.8 Å². The van der Waals surface area contributed by atoms with E-state index < -0.39 is 6.04 Å². The highest BCUT2D eigenvalue weighted by molar-refractivity contribution is 7.80. The first-order valence-corrected chi connectivity index (χ1v) is 11.8. The number of ether oxygens (including phenoxy) is 1. The number of thiocarbonyl (C=S) groups is 1. The molecule has 5 rings (SSSR count). The van der Waals surface area contributed by atoms with Crippen LogP contribution < -0.4 is 11.0 Å². The molecule has 1 unspecified atom stereocenters. The van der Waals surface area contributed by atoms with E-state index in [1.807, 2.05) is 59.3 Å². The van der Waals surface area contributed by atoms with Crippen molar-refractivity contribution in [3.63, 3.8) is 0 Å². The molecule has 0 radical (unpaired) electrons. The topological polar surface area (TPSA) is 95.2 Å². The number of methoxy groups -OCH3 is 1. The van der Waals surface area contributed by atoms with Crippen LogP contribution in [0.25, 0.3) is 21.9 Å². The number of carbonyl (C=O) groups is 1. The summed E-state index contributed by atoms with van der Waals surface area (Å²) in [4.78, 5) is 33.4. The van der Waals surface area contributed by atoms with Gasteiger partial charge in [0.05, 0.1) is 18.1 Å². The third-order valence-corrected chi connectivity index (χ3v) is 7.00. The minimum Gasteiger partial charge on any atom is -0.467 e. The van der Waals surface area contributed by atoms with Crippen molar-refractivity contribution >= 4 is 45.2 Å². The summed E-state index contributed by atoms with van der Waals surface area (Å²) in [6.45, 7) is 1.40. The Balaban J connectivity index is 1.26. The zero-order valence-corrected chi connectivity index (χ0v) is 19.7. The number of benzene rings is 2. The Bertz CT molecular complexity index is 1400. The molecule has 0 bridgehead atoms. The van der Waals surface area contributed by atoms with E-state index in [9.17, 15) is 9.59 Å². The Hall–Kier alpha value is -3.59. The second kappa shape index (κ2) is 9.34. The Labute approximate surface area is 201 Å². The highest BCUT2D eigenvalue weighted by atomic mass is 32.1. The number of piperidine rings is 1. The number of hydrogen-bond acceptors (Lipinski definition) is 4. The van der Waals surface area contributed by atoms with E-state index in [2.05, 4.69) is 20.2 Å². The predicted molar refractivity (Wildman–Crippen MR) is 136 cm³/mol. The lowest BCUT2D eigenvalue weighted by atomic mass is 10.0. The van der Waals surface area contributed by atoms with Crippen LogP contribution in [0, 0.1) is 0 Å². The predicted octanol–water partition coefficient (Wildman–Crippen LogP) is 3.11. The molecule has 176 valence electrons. The molecular formula is C25H27N5O3S. The fraction of sp³-hybridized carbons (Fsp3) is 0.320. The molecule has 3 heterocycles. The largest absolute Gasteiger partial charge is 0.467 e. The number of aromatic nitrogens is 3. The van der Waals surface area contributed by atoms with Crippen LogP contribution in [-0.2, 0) is 16.0 Å². The Kier molecular flexibility index (Phi) is 6.10. The van der Waals surface area contributed by atoms with Crippen molar-refractivity contribution < 1.29 is 9.53 Å². The van der Waals surface area contributed by atoms with Gasteiger partial charge in [0.25, 0.3) is 0 Å². The molecule has 1 fully saturated rings. The first-order valence-electron chi connectivity index (χ1n) is 11.4. The Morgan fingerprint density at radius 2 is 1.85 bits per heavy atom. The molecule has 0 aliphatic carbocycles. The van der Waals surface area contributed by atoms with Crippen molar-refractivity contribution in [1.29, 1.82) is 0 Å². The molecule has 9 heteroatoms. The number of hydrogen-bond donors (Lipinski definition) is 3. The van der Waals surface area contributed by atoms with Crippen LogP contribution in [-0.4, -0.2) is 56.8 Å². The molecule has 8 nitrogen and oxygen atoms in total. The van der Waals surface area contributed by atoms with Gasteiger partial charge < -0.3 is 24.9 Å². The Morgan fingerprint density at radius 3 is 2.62 bits per heavy atom. The molecule has 0 saturated carbocycles. The van der Waals surface area contributed by atoms with Crippen molar-refractivity contribution in [3.05, 3.63) is 70.8 Å². The summed E-state index contributed by atoms with van der Waals surface area (Å²) in [5, 5.41) is 4.83. The maximum atomic E-state index is 12.6. The van der Waals surface area contributed by atoms with Crippen LogP contribution in [0.15, 0.2) is 59.5 Å². The third-order valence-electron chi connectivity index (χ3n) is 6.62. The van der Waals surface area contributed by atoms with Crippen LogP contribution in [0.2, 0.25) is 0 Å². The highest BCUT2D eigenvalue weighted by Gasteiger charge is 2.28. The van der Waals surface area contributed by atoms with Crippen LogP contribution >= 0.6 is 12.2 Å². The molecular weight excluding hydrogens is 450 g/mol. The lowest BCUT2D eigenvalue weighted by molar-refractivity contribution is -0.142. The SMILES string of the molecule is COC(=O)C(Cc1c[nH]c2ccccc12)NC(=S)N1CCC(n2c(=O)[nH]c3ccccc32)CC1. The van der Waals surface area contributed by atoms with Gasteiger partial charge in [0.1, 0.15) is 6.04 Å². The van der Waals surface area contributed by atoms with Gasteiger partial charge >= 0.3 is 11.7 Å². The maximum absolute atomic E-state index is 12.6. The summed E-state index contributed by atoms with van der Waals surface area (Å²) in [6, 6.07) is 15.3. The molecule has 0 amide bonds. The second-order valence-corrected chi connectivity index (χ2v) is 9.01. The summed E-state index contributed by atoms with van der Waals surface area (Å²) < 4.78 is 6.91. The van der Waals surface area contributed by atoms with E-state index in [1.54, 1.807) is 0 Å². The summed E-state index contributed by atoms with van der Waals surface area (Å²) in [5.41, 5.74) is 3.75. The van der Waals surface area contributed by atoms with Crippen molar-refractivity contribution in [2.45, 2.75) is 31.3 Å². The summed E-state index contributed by atoms with van der Waals surface area (Å²) >= 11 is 5.67. The summed E-state index contributed by atoms with van der Waals surface area (Å²) in [7, 11) is 1.39. The number of likely N-dealkylation sites (tertiary alicyclic amines) is 1. The monoisotopic (exact) mass is 477 g/mol. The van der Waals surface area contributed by atoms with E-state index in [-0.39, 0.29) is 17.7 Å². The fourth-order valence-corrected chi connectivity index (χ4v) is 5.19. The number of H-pyrrole nitrogens is 2. The number of fused-ring (bicyclic) bond motifs is 2. The van der Waals surface area contributed by atoms with Crippen LogP contribution in [0.5, 0.6) is 0 Å². The van der Waals surface area contributed by atoms with Crippen molar-refractivity contribution in [2.24, 2.45) is 0 Å². The number of para-hydroxylation sites is 3.